The summed E-state index contributed by atoms with van der Waals surface area (Å²) < 4.78 is 0. The summed E-state index contributed by atoms with van der Waals surface area (Å²) in [5.74, 6) is 0.448. The predicted octanol–water partition coefficient (Wildman–Crippen LogP) is 1.85. The molecule has 2 atom stereocenters. The van der Waals surface area contributed by atoms with Gasteiger partial charge < -0.3 is 10.2 Å². The van der Waals surface area contributed by atoms with Crippen LogP contribution in [0.3, 0.4) is 0 Å². The van der Waals surface area contributed by atoms with Crippen LogP contribution in [0.4, 0.5) is 0 Å². The minimum Gasteiger partial charge on any atom is -0.337 e. The van der Waals surface area contributed by atoms with Gasteiger partial charge in [0.15, 0.2) is 0 Å². The van der Waals surface area contributed by atoms with E-state index in [1.807, 2.05) is 0 Å². The van der Waals surface area contributed by atoms with E-state index in [-0.39, 0.29) is 5.41 Å². The lowest BCUT2D eigenvalue weighted by Crippen LogP contribution is -2.63. The highest BCUT2D eigenvalue weighted by atomic mass is 16.2. The Kier molecular flexibility index (Phi) is 4.55. The predicted molar refractivity (Wildman–Crippen MR) is 85.2 cm³/mol. The van der Waals surface area contributed by atoms with Crippen LogP contribution in [0.1, 0.15) is 52.4 Å². The van der Waals surface area contributed by atoms with Crippen LogP contribution in [0.15, 0.2) is 0 Å². The molecule has 3 aliphatic heterocycles. The molecule has 3 heterocycles. The number of carbonyl (C=O) groups is 1. The van der Waals surface area contributed by atoms with E-state index in [2.05, 4.69) is 29.0 Å². The third-order valence-electron chi connectivity index (χ3n) is 6.14. The van der Waals surface area contributed by atoms with Crippen molar-refractivity contribution >= 4 is 5.91 Å². The molecule has 3 aliphatic rings. The highest BCUT2D eigenvalue weighted by molar-refractivity contribution is 5.83. The van der Waals surface area contributed by atoms with E-state index in [1.165, 1.54) is 25.8 Å². The van der Waals surface area contributed by atoms with Gasteiger partial charge in [-0.25, -0.2) is 0 Å². The zero-order valence-electron chi connectivity index (χ0n) is 13.7. The Morgan fingerprint density at radius 2 is 2.00 bits per heavy atom. The topological polar surface area (TPSA) is 35.6 Å². The first kappa shape index (κ1) is 15.3. The van der Waals surface area contributed by atoms with Gasteiger partial charge in [0.25, 0.3) is 0 Å². The lowest BCUT2D eigenvalue weighted by atomic mass is 9.75. The number of fused-ring (bicyclic) bond motifs is 1. The molecule has 0 aromatic carbocycles. The van der Waals surface area contributed by atoms with E-state index in [0.29, 0.717) is 18.0 Å². The number of amides is 1. The van der Waals surface area contributed by atoms with Gasteiger partial charge in [-0.1, -0.05) is 13.3 Å². The number of piperidine rings is 2. The van der Waals surface area contributed by atoms with E-state index in [9.17, 15) is 4.79 Å². The van der Waals surface area contributed by atoms with E-state index in [1.54, 1.807) is 0 Å². The maximum absolute atomic E-state index is 13.3. The molecule has 0 aromatic rings. The van der Waals surface area contributed by atoms with Crippen molar-refractivity contribution in [2.24, 2.45) is 5.41 Å². The summed E-state index contributed by atoms with van der Waals surface area (Å²) >= 11 is 0. The molecule has 4 heteroatoms. The molecule has 21 heavy (non-hydrogen) atoms. The molecule has 2 unspecified atom stereocenters. The van der Waals surface area contributed by atoms with Crippen molar-refractivity contribution < 1.29 is 4.79 Å². The SMILES string of the molecule is CCC1(C(=O)N2CC3CCCCN3CC2C)CCNCC1. The molecule has 0 aromatic heterocycles. The largest absolute Gasteiger partial charge is 0.337 e. The van der Waals surface area contributed by atoms with E-state index < -0.39 is 0 Å². The molecular weight excluding hydrogens is 262 g/mol. The third kappa shape index (κ3) is 2.85. The number of hydrogen-bond donors (Lipinski definition) is 1. The molecular formula is C17H31N3O. The van der Waals surface area contributed by atoms with Gasteiger partial charge in [-0.15, -0.1) is 0 Å². The fraction of sp³-hybridized carbons (Fsp3) is 0.941. The Morgan fingerprint density at radius 1 is 1.24 bits per heavy atom. The van der Waals surface area contributed by atoms with Crippen LogP contribution in [0.25, 0.3) is 0 Å². The molecule has 4 nitrogen and oxygen atoms in total. The molecule has 0 bridgehead atoms. The molecule has 0 radical (unpaired) electrons. The van der Waals surface area contributed by atoms with Crippen molar-refractivity contribution in [3.63, 3.8) is 0 Å². The molecule has 0 spiro atoms. The van der Waals surface area contributed by atoms with Gasteiger partial charge in [-0.05, 0) is 58.7 Å². The molecule has 1 N–H and O–H groups in total. The van der Waals surface area contributed by atoms with Crippen LogP contribution in [0.5, 0.6) is 0 Å². The van der Waals surface area contributed by atoms with Crippen molar-refractivity contribution in [2.75, 3.05) is 32.7 Å². The van der Waals surface area contributed by atoms with Crippen molar-refractivity contribution in [1.82, 2.24) is 15.1 Å². The van der Waals surface area contributed by atoms with Gasteiger partial charge in [-0.2, -0.15) is 0 Å². The lowest BCUT2D eigenvalue weighted by molar-refractivity contribution is -0.151. The third-order valence-corrected chi connectivity index (χ3v) is 6.14. The van der Waals surface area contributed by atoms with Gasteiger partial charge in [0.1, 0.15) is 0 Å². The summed E-state index contributed by atoms with van der Waals surface area (Å²) in [6.07, 6.45) is 6.96. The smallest absolute Gasteiger partial charge is 0.229 e. The number of rotatable bonds is 2. The first-order valence-electron chi connectivity index (χ1n) is 8.92. The molecule has 3 saturated heterocycles. The normalized spacial score (nSPS) is 33.5. The van der Waals surface area contributed by atoms with E-state index >= 15 is 0 Å². The van der Waals surface area contributed by atoms with Crippen LogP contribution in [-0.2, 0) is 4.79 Å². The van der Waals surface area contributed by atoms with Gasteiger partial charge >= 0.3 is 0 Å². The van der Waals surface area contributed by atoms with Crippen LogP contribution in [0, 0.1) is 5.41 Å². The molecule has 0 aliphatic carbocycles. The Labute approximate surface area is 129 Å². The lowest BCUT2D eigenvalue weighted by Gasteiger charge is -2.50. The zero-order valence-corrected chi connectivity index (χ0v) is 13.7. The zero-order chi connectivity index (χ0) is 14.9. The highest BCUT2D eigenvalue weighted by Gasteiger charge is 2.44. The van der Waals surface area contributed by atoms with Crippen molar-refractivity contribution in [3.8, 4) is 0 Å². The van der Waals surface area contributed by atoms with Crippen molar-refractivity contribution in [3.05, 3.63) is 0 Å². The summed E-state index contributed by atoms with van der Waals surface area (Å²) in [6.45, 7) is 9.72. The summed E-state index contributed by atoms with van der Waals surface area (Å²) in [5, 5.41) is 3.41. The molecule has 0 saturated carbocycles. The van der Waals surface area contributed by atoms with Gasteiger partial charge in [-0.3, -0.25) is 9.69 Å². The van der Waals surface area contributed by atoms with Crippen molar-refractivity contribution in [2.45, 2.75) is 64.5 Å². The average molecular weight is 293 g/mol. The maximum Gasteiger partial charge on any atom is 0.229 e. The molecule has 3 fully saturated rings. The van der Waals surface area contributed by atoms with Crippen molar-refractivity contribution in [1.29, 1.82) is 0 Å². The number of nitrogens with zero attached hydrogens (tertiary/aromatic N) is 2. The minimum atomic E-state index is -0.0870. The van der Waals surface area contributed by atoms with Gasteiger partial charge in [0.2, 0.25) is 5.91 Å². The highest BCUT2D eigenvalue weighted by Crippen LogP contribution is 2.37. The summed E-state index contributed by atoms with van der Waals surface area (Å²) in [4.78, 5) is 18.1. The number of hydrogen-bond acceptors (Lipinski definition) is 3. The Balaban J connectivity index is 1.73. The fourth-order valence-electron chi connectivity index (χ4n) is 4.56. The minimum absolute atomic E-state index is 0.0870. The van der Waals surface area contributed by atoms with Gasteiger partial charge in [0.05, 0.1) is 5.41 Å². The van der Waals surface area contributed by atoms with Crippen LogP contribution in [-0.4, -0.2) is 60.5 Å². The van der Waals surface area contributed by atoms with Crippen LogP contribution >= 0.6 is 0 Å². The fourth-order valence-corrected chi connectivity index (χ4v) is 4.56. The molecule has 1 amide bonds. The quantitative estimate of drug-likeness (QED) is 0.844. The average Bonchev–Trinajstić information content (AvgIpc) is 2.54. The Hall–Kier alpha value is -0.610. The summed E-state index contributed by atoms with van der Waals surface area (Å²) in [5.41, 5.74) is -0.0870. The van der Waals surface area contributed by atoms with Gasteiger partial charge in [0, 0.05) is 25.2 Å². The molecule has 120 valence electrons. The standard InChI is InChI=1S/C17H31N3O/c1-3-17(7-9-18-10-8-17)16(21)20-13-15-6-4-5-11-19(15)12-14(20)2/h14-15,18H,3-13H2,1-2H3. The maximum atomic E-state index is 13.3. The first-order valence-corrected chi connectivity index (χ1v) is 8.92. The second kappa shape index (κ2) is 6.25. The van der Waals surface area contributed by atoms with E-state index in [4.69, 9.17) is 0 Å². The van der Waals surface area contributed by atoms with Crippen LogP contribution < -0.4 is 5.32 Å². The second-order valence-corrected chi connectivity index (χ2v) is 7.33. The summed E-state index contributed by atoms with van der Waals surface area (Å²) in [7, 11) is 0. The van der Waals surface area contributed by atoms with Crippen LogP contribution in [0.2, 0.25) is 0 Å². The van der Waals surface area contributed by atoms with E-state index in [0.717, 1.165) is 45.4 Å². The second-order valence-electron chi connectivity index (χ2n) is 7.33. The monoisotopic (exact) mass is 293 g/mol. The number of carbonyl (C=O) groups excluding carboxylic acids is 1. The number of nitrogens with one attached hydrogen (secondary N) is 1. The number of piperazine rings is 1. The Morgan fingerprint density at radius 3 is 2.71 bits per heavy atom. The Bertz CT molecular complexity index is 378. The first-order chi connectivity index (χ1) is 10.2. The molecule has 3 rings (SSSR count). The summed E-state index contributed by atoms with van der Waals surface area (Å²) in [6, 6.07) is 1.000.